The van der Waals surface area contributed by atoms with Gasteiger partial charge in [-0.1, -0.05) is 6.07 Å². The van der Waals surface area contributed by atoms with E-state index in [9.17, 15) is 8.42 Å². The maximum Gasteiger partial charge on any atom is 0.247 e. The lowest BCUT2D eigenvalue weighted by molar-refractivity contribution is 0.282. The number of nitrogens with zero attached hydrogens (tertiary/aromatic N) is 1. The third-order valence-corrected chi connectivity index (χ3v) is 5.81. The Hall–Kier alpha value is -1.11. The first-order valence-electron chi connectivity index (χ1n) is 6.75. The molecule has 0 spiro atoms. The summed E-state index contributed by atoms with van der Waals surface area (Å²) in [5.41, 5.74) is 1.72. The van der Waals surface area contributed by atoms with Crippen molar-refractivity contribution in [1.29, 1.82) is 0 Å². The van der Waals surface area contributed by atoms with Gasteiger partial charge in [-0.3, -0.25) is 0 Å². The lowest BCUT2D eigenvalue weighted by atomic mass is 10.1. The number of hydrogen-bond donors (Lipinski definition) is 1. The summed E-state index contributed by atoms with van der Waals surface area (Å²) in [5, 5.41) is 3.20. The minimum atomic E-state index is -3.53. The zero-order valence-corrected chi connectivity index (χ0v) is 13.3. The van der Waals surface area contributed by atoms with E-state index in [0.29, 0.717) is 30.3 Å². The molecule has 1 aliphatic rings. The van der Waals surface area contributed by atoms with Gasteiger partial charge in [-0.15, -0.1) is 0 Å². The largest absolute Gasteiger partial charge is 0.495 e. The van der Waals surface area contributed by atoms with Crippen LogP contribution in [0.25, 0.3) is 0 Å². The van der Waals surface area contributed by atoms with Crippen LogP contribution in [0, 0.1) is 13.8 Å². The molecule has 0 saturated carbocycles. The Morgan fingerprint density at radius 2 is 2.05 bits per heavy atom. The molecule has 0 aliphatic carbocycles. The molecule has 6 heteroatoms. The highest BCUT2D eigenvalue weighted by molar-refractivity contribution is 7.89. The Kier molecular flexibility index (Phi) is 4.36. The predicted octanol–water partition coefficient (Wildman–Crippen LogP) is 1.29. The number of rotatable bonds is 3. The third-order valence-electron chi connectivity index (χ3n) is 3.61. The minimum absolute atomic E-state index is 0.0563. The molecule has 1 heterocycles. The molecule has 0 bridgehead atoms. The van der Waals surface area contributed by atoms with Crippen LogP contribution in [0.15, 0.2) is 17.0 Å². The van der Waals surface area contributed by atoms with Gasteiger partial charge in [0.05, 0.1) is 7.11 Å². The highest BCUT2D eigenvalue weighted by Crippen LogP contribution is 2.32. The number of ether oxygens (including phenoxy) is 1. The van der Waals surface area contributed by atoms with E-state index in [2.05, 4.69) is 5.32 Å². The van der Waals surface area contributed by atoms with E-state index in [1.54, 1.807) is 10.4 Å². The van der Waals surface area contributed by atoms with Gasteiger partial charge in [0.25, 0.3) is 0 Å². The number of aryl methyl sites for hydroxylation is 2. The first kappa shape index (κ1) is 15.3. The first-order valence-corrected chi connectivity index (χ1v) is 8.19. The molecule has 20 heavy (non-hydrogen) atoms. The number of piperazine rings is 1. The topological polar surface area (TPSA) is 58.6 Å². The van der Waals surface area contributed by atoms with Gasteiger partial charge < -0.3 is 10.1 Å². The zero-order chi connectivity index (χ0) is 14.9. The standard InChI is InChI=1S/C14H22N2O3S/c1-10-7-11(2)14(13(8-10)19-4)20(17,18)16-6-5-15-9-12(16)3/h7-8,12,15H,5-6,9H2,1-4H3. The summed E-state index contributed by atoms with van der Waals surface area (Å²) in [6.07, 6.45) is 0. The molecule has 1 aromatic carbocycles. The second-order valence-electron chi connectivity index (χ2n) is 5.28. The summed E-state index contributed by atoms with van der Waals surface area (Å²) in [5.74, 6) is 0.424. The van der Waals surface area contributed by atoms with E-state index < -0.39 is 10.0 Å². The van der Waals surface area contributed by atoms with E-state index in [-0.39, 0.29) is 6.04 Å². The zero-order valence-electron chi connectivity index (χ0n) is 12.4. The molecule has 1 fully saturated rings. The molecule has 112 valence electrons. The average molecular weight is 298 g/mol. The quantitative estimate of drug-likeness (QED) is 0.913. The van der Waals surface area contributed by atoms with Crippen molar-refractivity contribution in [3.63, 3.8) is 0 Å². The minimum Gasteiger partial charge on any atom is -0.495 e. The Morgan fingerprint density at radius 1 is 1.35 bits per heavy atom. The molecule has 2 rings (SSSR count). The summed E-state index contributed by atoms with van der Waals surface area (Å²) < 4.78 is 32.7. The Bertz CT molecular complexity index is 599. The summed E-state index contributed by atoms with van der Waals surface area (Å²) in [7, 11) is -2.02. The molecule has 1 unspecified atom stereocenters. The monoisotopic (exact) mass is 298 g/mol. The van der Waals surface area contributed by atoms with Crippen molar-refractivity contribution >= 4 is 10.0 Å². The third kappa shape index (κ3) is 2.68. The fraction of sp³-hybridized carbons (Fsp3) is 0.571. The van der Waals surface area contributed by atoms with Crippen molar-refractivity contribution in [2.75, 3.05) is 26.7 Å². The smallest absolute Gasteiger partial charge is 0.247 e. The molecule has 1 aliphatic heterocycles. The van der Waals surface area contributed by atoms with Crippen LogP contribution in [0.4, 0.5) is 0 Å². The van der Waals surface area contributed by atoms with Gasteiger partial charge in [0.2, 0.25) is 10.0 Å². The fourth-order valence-electron chi connectivity index (χ4n) is 2.69. The molecule has 1 aromatic rings. The van der Waals surface area contributed by atoms with Crippen molar-refractivity contribution in [1.82, 2.24) is 9.62 Å². The summed E-state index contributed by atoms with van der Waals surface area (Å²) in [4.78, 5) is 0.291. The van der Waals surface area contributed by atoms with Crippen LogP contribution in [0.2, 0.25) is 0 Å². The summed E-state index contributed by atoms with van der Waals surface area (Å²) in [6.45, 7) is 7.50. The molecular weight excluding hydrogens is 276 g/mol. The van der Waals surface area contributed by atoms with Crippen LogP contribution in [-0.2, 0) is 10.0 Å². The lowest BCUT2D eigenvalue weighted by Gasteiger charge is -2.33. The van der Waals surface area contributed by atoms with E-state index in [1.807, 2.05) is 26.8 Å². The van der Waals surface area contributed by atoms with Crippen LogP contribution in [0.1, 0.15) is 18.1 Å². The lowest BCUT2D eigenvalue weighted by Crippen LogP contribution is -2.52. The highest BCUT2D eigenvalue weighted by Gasteiger charge is 2.34. The van der Waals surface area contributed by atoms with Gasteiger partial charge >= 0.3 is 0 Å². The molecule has 0 amide bonds. The Labute approximate surface area is 121 Å². The van der Waals surface area contributed by atoms with Crippen LogP contribution in [0.5, 0.6) is 5.75 Å². The van der Waals surface area contributed by atoms with Gasteiger partial charge in [0, 0.05) is 25.7 Å². The first-order chi connectivity index (χ1) is 9.37. The molecule has 5 nitrogen and oxygen atoms in total. The Balaban J connectivity index is 2.54. The second-order valence-corrected chi connectivity index (χ2v) is 7.11. The second kappa shape index (κ2) is 5.71. The number of methoxy groups -OCH3 is 1. The van der Waals surface area contributed by atoms with Gasteiger partial charge in [-0.25, -0.2) is 8.42 Å². The van der Waals surface area contributed by atoms with Gasteiger partial charge in [0.1, 0.15) is 10.6 Å². The van der Waals surface area contributed by atoms with Crippen LogP contribution < -0.4 is 10.1 Å². The maximum absolute atomic E-state index is 12.9. The molecular formula is C14H22N2O3S. The van der Waals surface area contributed by atoms with Crippen LogP contribution in [-0.4, -0.2) is 45.5 Å². The normalized spacial score (nSPS) is 20.9. The van der Waals surface area contributed by atoms with Crippen molar-refractivity contribution in [2.45, 2.75) is 31.7 Å². The average Bonchev–Trinajstić information content (AvgIpc) is 2.37. The van der Waals surface area contributed by atoms with Crippen LogP contribution in [0.3, 0.4) is 0 Å². The molecule has 0 aromatic heterocycles. The number of sulfonamides is 1. The van der Waals surface area contributed by atoms with Crippen LogP contribution >= 0.6 is 0 Å². The van der Waals surface area contributed by atoms with E-state index in [1.165, 1.54) is 7.11 Å². The van der Waals surface area contributed by atoms with Gasteiger partial charge in [-0.2, -0.15) is 4.31 Å². The molecule has 1 atom stereocenters. The Morgan fingerprint density at radius 3 is 2.65 bits per heavy atom. The van der Waals surface area contributed by atoms with E-state index >= 15 is 0 Å². The van der Waals surface area contributed by atoms with Crippen molar-refractivity contribution in [3.8, 4) is 5.75 Å². The molecule has 1 N–H and O–H groups in total. The van der Waals surface area contributed by atoms with Gasteiger partial charge in [0.15, 0.2) is 0 Å². The number of nitrogens with one attached hydrogen (secondary N) is 1. The predicted molar refractivity (Wildman–Crippen MR) is 78.7 cm³/mol. The number of benzene rings is 1. The SMILES string of the molecule is COc1cc(C)cc(C)c1S(=O)(=O)N1CCNCC1C. The van der Waals surface area contributed by atoms with Crippen molar-refractivity contribution in [3.05, 3.63) is 23.3 Å². The maximum atomic E-state index is 12.9. The summed E-state index contributed by atoms with van der Waals surface area (Å²) in [6, 6.07) is 3.59. The van der Waals surface area contributed by atoms with Gasteiger partial charge in [-0.05, 0) is 38.0 Å². The summed E-state index contributed by atoms with van der Waals surface area (Å²) >= 11 is 0. The molecule has 0 radical (unpaired) electrons. The number of hydrogen-bond acceptors (Lipinski definition) is 4. The van der Waals surface area contributed by atoms with Crippen molar-refractivity contribution < 1.29 is 13.2 Å². The van der Waals surface area contributed by atoms with Crippen molar-refractivity contribution in [2.24, 2.45) is 0 Å². The molecule has 1 saturated heterocycles. The highest BCUT2D eigenvalue weighted by atomic mass is 32.2. The fourth-order valence-corrected chi connectivity index (χ4v) is 4.67. The van der Waals surface area contributed by atoms with E-state index in [4.69, 9.17) is 4.74 Å². The van der Waals surface area contributed by atoms with E-state index in [0.717, 1.165) is 11.1 Å².